The van der Waals surface area contributed by atoms with Crippen molar-refractivity contribution in [1.29, 1.82) is 0 Å². The molecule has 0 bridgehead atoms. The minimum absolute atomic E-state index is 0.0212. The molecule has 2 aromatic heterocycles. The van der Waals surface area contributed by atoms with E-state index in [-0.39, 0.29) is 5.69 Å². The first-order valence-corrected chi connectivity index (χ1v) is 15.0. The van der Waals surface area contributed by atoms with Crippen molar-refractivity contribution in [3.63, 3.8) is 0 Å². The standard InChI is InChI=1S/C30H38F2N6O2/c1-19-5-8-34-27-25(19)29(40-30(27)17-39-18-30)6-11-37(12-7-29)24-15-22-20(26(35-24)28(31)32)3-2-4-21-23(16-38(21)22)36-13-9-33-10-14-36/h5,8,15,21,23,28,33H,2-4,6-7,9-14,16-18H2,1H3/t21-,23+/m0/s1. The van der Waals surface area contributed by atoms with Crippen LogP contribution in [0.25, 0.3) is 0 Å². The molecule has 0 aromatic carbocycles. The van der Waals surface area contributed by atoms with Crippen molar-refractivity contribution in [1.82, 2.24) is 20.2 Å². The van der Waals surface area contributed by atoms with Gasteiger partial charge in [0.2, 0.25) is 0 Å². The fourth-order valence-electron chi connectivity index (χ4n) is 8.32. The van der Waals surface area contributed by atoms with Crippen LogP contribution < -0.4 is 15.1 Å². The van der Waals surface area contributed by atoms with Gasteiger partial charge in [-0.3, -0.25) is 9.88 Å². The van der Waals surface area contributed by atoms with E-state index in [0.717, 1.165) is 75.4 Å². The zero-order valence-corrected chi connectivity index (χ0v) is 23.2. The van der Waals surface area contributed by atoms with Crippen LogP contribution in [0, 0.1) is 6.92 Å². The second-order valence-electron chi connectivity index (χ2n) is 12.6. The zero-order valence-electron chi connectivity index (χ0n) is 23.2. The molecule has 40 heavy (non-hydrogen) atoms. The van der Waals surface area contributed by atoms with Gasteiger partial charge in [0.1, 0.15) is 17.1 Å². The van der Waals surface area contributed by atoms with E-state index in [0.29, 0.717) is 50.6 Å². The van der Waals surface area contributed by atoms with Gasteiger partial charge in [0.25, 0.3) is 6.43 Å². The van der Waals surface area contributed by atoms with Crippen molar-refractivity contribution in [2.45, 2.75) is 68.7 Å². The molecule has 8 nitrogen and oxygen atoms in total. The van der Waals surface area contributed by atoms with Crippen molar-refractivity contribution in [3.05, 3.63) is 46.4 Å². The Bertz CT molecular complexity index is 1310. The average molecular weight is 553 g/mol. The number of piperazine rings is 1. The van der Waals surface area contributed by atoms with Crippen molar-refractivity contribution >= 4 is 11.5 Å². The summed E-state index contributed by atoms with van der Waals surface area (Å²) in [7, 11) is 0. The minimum Gasteiger partial charge on any atom is -0.374 e. The maximum absolute atomic E-state index is 14.5. The molecule has 6 aliphatic heterocycles. The topological polar surface area (TPSA) is 66.0 Å². The monoisotopic (exact) mass is 552 g/mol. The smallest absolute Gasteiger partial charge is 0.280 e. The fourth-order valence-corrected chi connectivity index (χ4v) is 8.32. The SMILES string of the molecule is Cc1ccnc2c1C1(CCN(c3cc4c(c(C(F)F)n3)CCC[C@H]3[C@H](N5CCNCC5)CN43)CC1)OC21COC1. The number of alkyl halides is 2. The van der Waals surface area contributed by atoms with Crippen molar-refractivity contribution in [2.75, 3.05) is 68.8 Å². The number of aromatic nitrogens is 2. The largest absolute Gasteiger partial charge is 0.374 e. The molecule has 0 saturated carbocycles. The summed E-state index contributed by atoms with van der Waals surface area (Å²) < 4.78 is 41.4. The van der Waals surface area contributed by atoms with E-state index in [9.17, 15) is 8.78 Å². The lowest BCUT2D eigenvalue weighted by Gasteiger charge is -2.54. The van der Waals surface area contributed by atoms with E-state index >= 15 is 0 Å². The molecule has 6 aliphatic rings. The Morgan fingerprint density at radius 2 is 1.88 bits per heavy atom. The third-order valence-corrected chi connectivity index (χ3v) is 10.4. The van der Waals surface area contributed by atoms with Gasteiger partial charge in [-0.2, -0.15) is 0 Å². The quantitative estimate of drug-likeness (QED) is 0.623. The average Bonchev–Trinajstić information content (AvgIpc) is 3.15. The highest BCUT2D eigenvalue weighted by Crippen LogP contribution is 2.55. The van der Waals surface area contributed by atoms with Crippen LogP contribution in [0.4, 0.5) is 20.3 Å². The van der Waals surface area contributed by atoms with E-state index in [1.807, 2.05) is 6.20 Å². The number of halogens is 2. The van der Waals surface area contributed by atoms with E-state index in [2.05, 4.69) is 44.1 Å². The second kappa shape index (κ2) is 9.31. The number of fused-ring (bicyclic) bond motifs is 6. The first-order valence-electron chi connectivity index (χ1n) is 15.0. The molecule has 0 unspecified atom stereocenters. The van der Waals surface area contributed by atoms with Crippen LogP contribution in [0.15, 0.2) is 18.3 Å². The molecule has 4 saturated heterocycles. The summed E-state index contributed by atoms with van der Waals surface area (Å²) in [6, 6.07) is 5.08. The lowest BCUT2D eigenvalue weighted by molar-refractivity contribution is -0.260. The molecular weight excluding hydrogens is 514 g/mol. The van der Waals surface area contributed by atoms with Gasteiger partial charge in [-0.05, 0) is 50.7 Å². The fraction of sp³-hybridized carbons (Fsp3) is 0.667. The summed E-state index contributed by atoms with van der Waals surface area (Å²) in [5, 5.41) is 3.45. The Labute approximate surface area is 234 Å². The number of rotatable bonds is 3. The minimum atomic E-state index is -2.58. The lowest BCUT2D eigenvalue weighted by Crippen LogP contribution is -2.69. The van der Waals surface area contributed by atoms with Gasteiger partial charge in [0.05, 0.1) is 18.9 Å². The van der Waals surface area contributed by atoms with Crippen LogP contribution in [-0.4, -0.2) is 86.0 Å². The first kappa shape index (κ1) is 25.3. The van der Waals surface area contributed by atoms with Gasteiger partial charge in [0.15, 0.2) is 5.60 Å². The number of aryl methyl sites for hydroxylation is 1. The number of nitrogens with zero attached hydrogens (tertiary/aromatic N) is 5. The molecule has 8 rings (SSSR count). The first-order chi connectivity index (χ1) is 19.5. The number of hydrogen-bond acceptors (Lipinski definition) is 8. The van der Waals surface area contributed by atoms with Crippen molar-refractivity contribution < 1.29 is 18.3 Å². The van der Waals surface area contributed by atoms with Crippen LogP contribution in [0.5, 0.6) is 0 Å². The summed E-state index contributed by atoms with van der Waals surface area (Å²) >= 11 is 0. The highest BCUT2D eigenvalue weighted by molar-refractivity contribution is 5.66. The summed E-state index contributed by atoms with van der Waals surface area (Å²) in [5.41, 5.74) is 4.31. The lowest BCUT2D eigenvalue weighted by atomic mass is 9.81. The van der Waals surface area contributed by atoms with E-state index in [4.69, 9.17) is 14.5 Å². The number of ether oxygens (including phenoxy) is 2. The van der Waals surface area contributed by atoms with Gasteiger partial charge in [0, 0.05) is 87.0 Å². The molecule has 10 heteroatoms. The Hall–Kier alpha value is -2.40. The summed E-state index contributed by atoms with van der Waals surface area (Å²) in [4.78, 5) is 16.6. The van der Waals surface area contributed by atoms with E-state index < -0.39 is 17.6 Å². The van der Waals surface area contributed by atoms with Crippen LogP contribution in [0.2, 0.25) is 0 Å². The van der Waals surface area contributed by atoms with Gasteiger partial charge in [-0.15, -0.1) is 0 Å². The molecule has 0 aliphatic carbocycles. The number of anilines is 2. The summed E-state index contributed by atoms with van der Waals surface area (Å²) in [6.45, 7) is 9.71. The third-order valence-electron chi connectivity index (χ3n) is 10.4. The van der Waals surface area contributed by atoms with Gasteiger partial charge in [-0.25, -0.2) is 13.8 Å². The number of hydrogen-bond donors (Lipinski definition) is 1. The van der Waals surface area contributed by atoms with Crippen LogP contribution in [0.3, 0.4) is 0 Å². The number of pyridine rings is 2. The van der Waals surface area contributed by atoms with Gasteiger partial charge in [-0.1, -0.05) is 0 Å². The molecule has 2 aromatic rings. The summed E-state index contributed by atoms with van der Waals surface area (Å²) in [6.07, 6.45) is 3.48. The van der Waals surface area contributed by atoms with Crippen LogP contribution in [-0.2, 0) is 27.1 Å². The van der Waals surface area contributed by atoms with E-state index in [1.54, 1.807) is 0 Å². The summed E-state index contributed by atoms with van der Waals surface area (Å²) in [5.74, 6) is 0.679. The van der Waals surface area contributed by atoms with Crippen molar-refractivity contribution in [2.24, 2.45) is 0 Å². The Morgan fingerprint density at radius 1 is 1.07 bits per heavy atom. The third kappa shape index (κ3) is 3.68. The normalized spacial score (nSPS) is 28.6. The Morgan fingerprint density at radius 3 is 2.60 bits per heavy atom. The number of nitrogens with one attached hydrogen (secondary N) is 1. The van der Waals surface area contributed by atoms with Crippen molar-refractivity contribution in [3.8, 4) is 0 Å². The maximum atomic E-state index is 14.5. The predicted octanol–water partition coefficient (Wildman–Crippen LogP) is 3.27. The van der Waals surface area contributed by atoms with Crippen LogP contribution >= 0.6 is 0 Å². The molecule has 214 valence electrons. The number of piperidine rings is 1. The maximum Gasteiger partial charge on any atom is 0.280 e. The predicted molar refractivity (Wildman–Crippen MR) is 147 cm³/mol. The Kier molecular flexibility index (Phi) is 5.89. The van der Waals surface area contributed by atoms with Gasteiger partial charge >= 0.3 is 0 Å². The van der Waals surface area contributed by atoms with Crippen LogP contribution in [0.1, 0.15) is 60.2 Å². The highest BCUT2D eigenvalue weighted by Gasteiger charge is 2.59. The molecule has 0 amide bonds. The van der Waals surface area contributed by atoms with E-state index in [1.165, 1.54) is 11.1 Å². The molecule has 8 heterocycles. The molecule has 2 spiro atoms. The molecule has 0 radical (unpaired) electrons. The second-order valence-corrected chi connectivity index (χ2v) is 12.6. The molecular formula is C30H38F2N6O2. The molecule has 2 atom stereocenters. The van der Waals surface area contributed by atoms with Gasteiger partial charge < -0.3 is 24.6 Å². The molecule has 1 N–H and O–H groups in total. The molecule has 4 fully saturated rings. The Balaban J connectivity index is 1.08. The zero-order chi connectivity index (χ0) is 27.1. The highest BCUT2D eigenvalue weighted by atomic mass is 19.3.